The molecule has 0 saturated carbocycles. The van der Waals surface area contributed by atoms with E-state index in [1.807, 2.05) is 44.2 Å². The highest BCUT2D eigenvalue weighted by atomic mass is 16.5. The third kappa shape index (κ3) is 6.31. The molecule has 6 nitrogen and oxygen atoms in total. The lowest BCUT2D eigenvalue weighted by Crippen LogP contribution is -2.20. The van der Waals surface area contributed by atoms with Crippen LogP contribution in [0.15, 0.2) is 78.4 Å². The number of amides is 2. The standard InChI is InChI=1S/C26H23N3O3/c1-18-11-12-23(13-19(18)2)28-25(30)17-32-24-10-6-7-20(15-24)14-21(16-27)26(31)29-22-8-4-3-5-9-22/h3-15H,17H2,1-2H3,(H,28,30)(H,29,31)/b21-14-. The van der Waals surface area contributed by atoms with Crippen molar-refractivity contribution in [3.63, 3.8) is 0 Å². The molecule has 160 valence electrons. The molecule has 0 spiro atoms. The molecule has 32 heavy (non-hydrogen) atoms. The van der Waals surface area contributed by atoms with Gasteiger partial charge in [0.15, 0.2) is 6.61 Å². The SMILES string of the molecule is Cc1ccc(NC(=O)COc2cccc(/C=C(/C#N)C(=O)Nc3ccccc3)c2)cc1C. The molecule has 3 aromatic carbocycles. The Morgan fingerprint density at radius 3 is 2.41 bits per heavy atom. The van der Waals surface area contributed by atoms with Gasteiger partial charge in [0.2, 0.25) is 0 Å². The first-order valence-corrected chi connectivity index (χ1v) is 10.0. The predicted octanol–water partition coefficient (Wildman–Crippen LogP) is 4.87. The number of rotatable bonds is 7. The van der Waals surface area contributed by atoms with Crippen LogP contribution in [0.3, 0.4) is 0 Å². The molecule has 0 saturated heterocycles. The van der Waals surface area contributed by atoms with Crippen LogP contribution in [-0.2, 0) is 9.59 Å². The number of nitriles is 1. The van der Waals surface area contributed by atoms with Gasteiger partial charge in [0.05, 0.1) is 0 Å². The van der Waals surface area contributed by atoms with Crippen LogP contribution in [0.5, 0.6) is 5.75 Å². The van der Waals surface area contributed by atoms with Crippen LogP contribution in [0.1, 0.15) is 16.7 Å². The molecule has 0 aromatic heterocycles. The number of anilines is 2. The summed E-state index contributed by atoms with van der Waals surface area (Å²) < 4.78 is 5.58. The van der Waals surface area contributed by atoms with E-state index in [9.17, 15) is 14.9 Å². The molecule has 0 aliphatic rings. The Labute approximate surface area is 187 Å². The van der Waals surface area contributed by atoms with E-state index in [1.54, 1.807) is 48.5 Å². The fraction of sp³-hybridized carbons (Fsp3) is 0.115. The van der Waals surface area contributed by atoms with Gasteiger partial charge in [0, 0.05) is 11.4 Å². The fourth-order valence-electron chi connectivity index (χ4n) is 2.89. The van der Waals surface area contributed by atoms with Crippen molar-refractivity contribution in [1.29, 1.82) is 5.26 Å². The number of para-hydroxylation sites is 1. The molecule has 0 heterocycles. The van der Waals surface area contributed by atoms with Crippen molar-refractivity contribution < 1.29 is 14.3 Å². The van der Waals surface area contributed by atoms with Crippen LogP contribution in [0.4, 0.5) is 11.4 Å². The molecule has 0 aliphatic carbocycles. The van der Waals surface area contributed by atoms with Crippen molar-refractivity contribution in [2.24, 2.45) is 0 Å². The first-order chi connectivity index (χ1) is 15.4. The highest BCUT2D eigenvalue weighted by Gasteiger charge is 2.10. The van der Waals surface area contributed by atoms with Crippen LogP contribution < -0.4 is 15.4 Å². The smallest absolute Gasteiger partial charge is 0.266 e. The Morgan fingerprint density at radius 2 is 1.69 bits per heavy atom. The second-order valence-corrected chi connectivity index (χ2v) is 7.20. The third-order valence-corrected chi connectivity index (χ3v) is 4.73. The molecule has 3 rings (SSSR count). The van der Waals surface area contributed by atoms with Crippen molar-refractivity contribution >= 4 is 29.3 Å². The van der Waals surface area contributed by atoms with Gasteiger partial charge in [-0.3, -0.25) is 9.59 Å². The molecule has 0 aliphatic heterocycles. The molecule has 3 aromatic rings. The molecule has 0 bridgehead atoms. The highest BCUT2D eigenvalue weighted by Crippen LogP contribution is 2.18. The molecule has 6 heteroatoms. The fourth-order valence-corrected chi connectivity index (χ4v) is 2.89. The van der Waals surface area contributed by atoms with Crippen LogP contribution in [0.2, 0.25) is 0 Å². The number of aryl methyl sites for hydroxylation is 2. The summed E-state index contributed by atoms with van der Waals surface area (Å²) in [6.45, 7) is 3.82. The zero-order valence-corrected chi connectivity index (χ0v) is 17.9. The first kappa shape index (κ1) is 22.3. The van der Waals surface area contributed by atoms with Crippen LogP contribution in [0, 0.1) is 25.2 Å². The zero-order valence-electron chi connectivity index (χ0n) is 17.9. The Morgan fingerprint density at radius 1 is 0.906 bits per heavy atom. The third-order valence-electron chi connectivity index (χ3n) is 4.73. The zero-order chi connectivity index (χ0) is 22.9. The van der Waals surface area contributed by atoms with E-state index in [0.717, 1.165) is 11.1 Å². The van der Waals surface area contributed by atoms with E-state index in [2.05, 4.69) is 10.6 Å². The van der Waals surface area contributed by atoms with E-state index in [4.69, 9.17) is 4.74 Å². The van der Waals surface area contributed by atoms with Crippen molar-refractivity contribution in [2.45, 2.75) is 13.8 Å². The van der Waals surface area contributed by atoms with Gasteiger partial charge >= 0.3 is 0 Å². The van der Waals surface area contributed by atoms with Gasteiger partial charge in [-0.2, -0.15) is 5.26 Å². The van der Waals surface area contributed by atoms with Crippen LogP contribution in [-0.4, -0.2) is 18.4 Å². The average Bonchev–Trinajstić information content (AvgIpc) is 2.79. The van der Waals surface area contributed by atoms with Crippen molar-refractivity contribution in [1.82, 2.24) is 0 Å². The van der Waals surface area contributed by atoms with E-state index in [0.29, 0.717) is 22.7 Å². The van der Waals surface area contributed by atoms with Gasteiger partial charge in [-0.15, -0.1) is 0 Å². The maximum Gasteiger partial charge on any atom is 0.266 e. The van der Waals surface area contributed by atoms with Crippen LogP contribution in [0.25, 0.3) is 6.08 Å². The summed E-state index contributed by atoms with van der Waals surface area (Å²) >= 11 is 0. The number of carbonyl (C=O) groups excluding carboxylic acids is 2. The van der Waals surface area contributed by atoms with Gasteiger partial charge in [-0.05, 0) is 73.0 Å². The van der Waals surface area contributed by atoms with Gasteiger partial charge in [0.1, 0.15) is 17.4 Å². The second-order valence-electron chi connectivity index (χ2n) is 7.20. The Kier molecular flexibility index (Phi) is 7.39. The number of carbonyl (C=O) groups is 2. The number of ether oxygens (including phenoxy) is 1. The number of nitrogens with one attached hydrogen (secondary N) is 2. The summed E-state index contributed by atoms with van der Waals surface area (Å²) in [5, 5.41) is 14.9. The average molecular weight is 425 g/mol. The molecule has 2 N–H and O–H groups in total. The largest absolute Gasteiger partial charge is 0.484 e. The number of benzene rings is 3. The summed E-state index contributed by atoms with van der Waals surface area (Å²) in [4.78, 5) is 24.6. The first-order valence-electron chi connectivity index (χ1n) is 10.0. The van der Waals surface area contributed by atoms with Gasteiger partial charge in [-0.25, -0.2) is 0 Å². The van der Waals surface area contributed by atoms with Gasteiger partial charge in [-0.1, -0.05) is 36.4 Å². The van der Waals surface area contributed by atoms with E-state index in [1.165, 1.54) is 6.08 Å². The molecule has 0 radical (unpaired) electrons. The molecule has 2 amide bonds. The summed E-state index contributed by atoms with van der Waals surface area (Å²) in [5.74, 6) is -0.332. The second kappa shape index (κ2) is 10.6. The lowest BCUT2D eigenvalue weighted by Gasteiger charge is -2.09. The summed E-state index contributed by atoms with van der Waals surface area (Å²) in [6.07, 6.45) is 1.47. The van der Waals surface area contributed by atoms with E-state index < -0.39 is 5.91 Å². The van der Waals surface area contributed by atoms with E-state index in [-0.39, 0.29) is 18.1 Å². The van der Waals surface area contributed by atoms with Crippen LogP contribution >= 0.6 is 0 Å². The molecular formula is C26H23N3O3. The quantitative estimate of drug-likeness (QED) is 0.417. The Hall–Kier alpha value is -4.37. The number of hydrogen-bond acceptors (Lipinski definition) is 4. The monoisotopic (exact) mass is 425 g/mol. The molecule has 0 fully saturated rings. The molecule has 0 atom stereocenters. The summed E-state index contributed by atoms with van der Waals surface area (Å²) in [5.41, 5.74) is 4.12. The maximum absolute atomic E-state index is 12.4. The Bertz CT molecular complexity index is 1190. The normalized spacial score (nSPS) is 10.7. The highest BCUT2D eigenvalue weighted by molar-refractivity contribution is 6.09. The lowest BCUT2D eigenvalue weighted by molar-refractivity contribution is -0.118. The Balaban J connectivity index is 1.62. The summed E-state index contributed by atoms with van der Waals surface area (Å²) in [7, 11) is 0. The lowest BCUT2D eigenvalue weighted by atomic mass is 10.1. The van der Waals surface area contributed by atoms with Crippen molar-refractivity contribution in [3.05, 3.63) is 95.1 Å². The van der Waals surface area contributed by atoms with E-state index >= 15 is 0 Å². The molecular weight excluding hydrogens is 402 g/mol. The maximum atomic E-state index is 12.4. The molecule has 0 unspecified atom stereocenters. The minimum Gasteiger partial charge on any atom is -0.484 e. The minimum atomic E-state index is -0.502. The van der Waals surface area contributed by atoms with Crippen molar-refractivity contribution in [3.8, 4) is 11.8 Å². The topological polar surface area (TPSA) is 91.2 Å². The summed E-state index contributed by atoms with van der Waals surface area (Å²) in [6, 6.07) is 23.4. The number of hydrogen-bond donors (Lipinski definition) is 2. The van der Waals surface area contributed by atoms with Gasteiger partial charge < -0.3 is 15.4 Å². The minimum absolute atomic E-state index is 0.0431. The van der Waals surface area contributed by atoms with Crippen molar-refractivity contribution in [2.75, 3.05) is 17.2 Å². The van der Waals surface area contributed by atoms with Gasteiger partial charge in [0.25, 0.3) is 11.8 Å². The number of nitrogens with zero attached hydrogens (tertiary/aromatic N) is 1. The predicted molar refractivity (Wildman–Crippen MR) is 125 cm³/mol.